The number of nitrogens with zero attached hydrogens (tertiary/aromatic N) is 4. The molecule has 0 radical (unpaired) electrons. The molecule has 1 atom stereocenters. The normalized spacial score (nSPS) is 19.7. The van der Waals surface area contributed by atoms with Gasteiger partial charge in [-0.25, -0.2) is 4.90 Å². The number of carbonyl (C=O) groups is 3. The lowest BCUT2D eigenvalue weighted by Crippen LogP contribution is -2.53. The molecular formula is C20H20N4O7. The van der Waals surface area contributed by atoms with Crippen molar-refractivity contribution in [2.24, 2.45) is 0 Å². The van der Waals surface area contributed by atoms with Gasteiger partial charge in [0.2, 0.25) is 5.91 Å². The van der Waals surface area contributed by atoms with Crippen LogP contribution >= 0.6 is 0 Å². The summed E-state index contributed by atoms with van der Waals surface area (Å²) < 4.78 is 10.3. The minimum atomic E-state index is -0.659. The third-order valence-electron chi connectivity index (χ3n) is 5.51. The van der Waals surface area contributed by atoms with E-state index in [1.54, 1.807) is 17.0 Å². The quantitative estimate of drug-likeness (QED) is 0.396. The van der Waals surface area contributed by atoms with Crippen LogP contribution in [0.4, 0.5) is 11.4 Å². The molecule has 0 bridgehead atoms. The molecule has 1 aromatic heterocycles. The van der Waals surface area contributed by atoms with E-state index in [-0.39, 0.29) is 35.2 Å². The molecule has 1 aromatic carbocycles. The number of piperazine rings is 1. The van der Waals surface area contributed by atoms with E-state index < -0.39 is 22.8 Å². The number of nitro benzene ring substituents is 1. The SMILES string of the molecule is COc1cc([N+](=O)[O-])ccc1N1C(=O)CC(N2CCN(C(=O)c3ccco3)CC2)C1=O. The number of ether oxygens (including phenoxy) is 1. The zero-order valence-corrected chi connectivity index (χ0v) is 16.7. The highest BCUT2D eigenvalue weighted by molar-refractivity contribution is 6.23. The third-order valence-corrected chi connectivity index (χ3v) is 5.51. The molecule has 0 spiro atoms. The van der Waals surface area contributed by atoms with Gasteiger partial charge in [-0.15, -0.1) is 0 Å². The molecular weight excluding hydrogens is 408 g/mol. The Morgan fingerprint density at radius 2 is 1.94 bits per heavy atom. The first-order chi connectivity index (χ1) is 14.9. The summed E-state index contributed by atoms with van der Waals surface area (Å²) in [7, 11) is 1.32. The van der Waals surface area contributed by atoms with Crippen LogP contribution in [0.2, 0.25) is 0 Å². The van der Waals surface area contributed by atoms with Gasteiger partial charge in [-0.2, -0.15) is 0 Å². The lowest BCUT2D eigenvalue weighted by Gasteiger charge is -2.36. The summed E-state index contributed by atoms with van der Waals surface area (Å²) in [6.45, 7) is 1.67. The van der Waals surface area contributed by atoms with Crippen molar-refractivity contribution in [3.05, 3.63) is 52.5 Å². The zero-order chi connectivity index (χ0) is 22.1. The van der Waals surface area contributed by atoms with Crippen LogP contribution in [0.5, 0.6) is 5.75 Å². The molecule has 11 heteroatoms. The summed E-state index contributed by atoms with van der Waals surface area (Å²) in [4.78, 5) is 53.1. The van der Waals surface area contributed by atoms with Crippen molar-refractivity contribution >= 4 is 29.1 Å². The van der Waals surface area contributed by atoms with Gasteiger partial charge in [0, 0.05) is 32.2 Å². The molecule has 3 amide bonds. The standard InChI is InChI=1S/C20H20N4O7/c1-30-17-11-13(24(28)29)4-5-14(17)23-18(25)12-15(19(23)26)21-6-8-22(9-7-21)20(27)16-3-2-10-31-16/h2-5,10-11,15H,6-9,12H2,1H3. The summed E-state index contributed by atoms with van der Waals surface area (Å²) >= 11 is 0. The number of benzene rings is 1. The average Bonchev–Trinajstić information content (AvgIpc) is 3.41. The minimum absolute atomic E-state index is 0.00882. The van der Waals surface area contributed by atoms with Gasteiger partial charge in [0.05, 0.1) is 42.5 Å². The second-order valence-electron chi connectivity index (χ2n) is 7.21. The van der Waals surface area contributed by atoms with E-state index in [1.165, 1.54) is 31.6 Å². The Morgan fingerprint density at radius 1 is 1.19 bits per heavy atom. The molecule has 2 aliphatic heterocycles. The minimum Gasteiger partial charge on any atom is -0.494 e. The van der Waals surface area contributed by atoms with E-state index in [9.17, 15) is 24.5 Å². The van der Waals surface area contributed by atoms with Gasteiger partial charge in [-0.05, 0) is 18.2 Å². The van der Waals surface area contributed by atoms with Crippen molar-refractivity contribution < 1.29 is 28.5 Å². The molecule has 31 heavy (non-hydrogen) atoms. The smallest absolute Gasteiger partial charge is 0.289 e. The van der Waals surface area contributed by atoms with Gasteiger partial charge in [0.15, 0.2) is 5.76 Å². The lowest BCUT2D eigenvalue weighted by atomic mass is 10.1. The molecule has 3 heterocycles. The highest BCUT2D eigenvalue weighted by Gasteiger charge is 2.44. The van der Waals surface area contributed by atoms with Crippen LogP contribution < -0.4 is 9.64 Å². The summed E-state index contributed by atoms with van der Waals surface area (Å²) in [5, 5.41) is 11.0. The van der Waals surface area contributed by atoms with Crippen LogP contribution in [0.3, 0.4) is 0 Å². The monoisotopic (exact) mass is 428 g/mol. The van der Waals surface area contributed by atoms with Gasteiger partial charge < -0.3 is 14.1 Å². The Hall–Kier alpha value is -3.73. The van der Waals surface area contributed by atoms with E-state index in [0.717, 1.165) is 4.90 Å². The predicted molar refractivity (Wildman–Crippen MR) is 107 cm³/mol. The molecule has 2 aromatic rings. The van der Waals surface area contributed by atoms with Crippen LogP contribution in [-0.2, 0) is 9.59 Å². The lowest BCUT2D eigenvalue weighted by molar-refractivity contribution is -0.384. The second-order valence-corrected chi connectivity index (χ2v) is 7.21. The van der Waals surface area contributed by atoms with Gasteiger partial charge in [-0.3, -0.25) is 29.4 Å². The van der Waals surface area contributed by atoms with E-state index in [1.807, 2.05) is 4.90 Å². The Bertz CT molecular complexity index is 1030. The second kappa shape index (κ2) is 8.19. The summed E-state index contributed by atoms with van der Waals surface area (Å²) in [6.07, 6.45) is 1.43. The number of imide groups is 1. The molecule has 0 N–H and O–H groups in total. The van der Waals surface area contributed by atoms with Crippen molar-refractivity contribution in [1.82, 2.24) is 9.80 Å². The van der Waals surface area contributed by atoms with E-state index in [2.05, 4.69) is 0 Å². The Kier molecular flexibility index (Phi) is 5.42. The van der Waals surface area contributed by atoms with Crippen LogP contribution in [-0.4, -0.2) is 71.8 Å². The Labute approximate surface area is 176 Å². The summed E-state index contributed by atoms with van der Waals surface area (Å²) in [6, 6.07) is 6.34. The van der Waals surface area contributed by atoms with Crippen molar-refractivity contribution in [2.75, 3.05) is 38.2 Å². The fourth-order valence-corrected chi connectivity index (χ4v) is 3.91. The Morgan fingerprint density at radius 3 is 2.55 bits per heavy atom. The predicted octanol–water partition coefficient (Wildman–Crippen LogP) is 1.29. The number of amides is 3. The number of hydrogen-bond donors (Lipinski definition) is 0. The highest BCUT2D eigenvalue weighted by atomic mass is 16.6. The first-order valence-corrected chi connectivity index (χ1v) is 9.66. The molecule has 2 aliphatic rings. The first-order valence-electron chi connectivity index (χ1n) is 9.66. The first kappa shape index (κ1) is 20.5. The number of methoxy groups -OCH3 is 1. The summed E-state index contributed by atoms with van der Waals surface area (Å²) in [5.74, 6) is -0.697. The van der Waals surface area contributed by atoms with Gasteiger partial charge in [0.1, 0.15) is 5.75 Å². The van der Waals surface area contributed by atoms with Crippen molar-refractivity contribution in [3.63, 3.8) is 0 Å². The van der Waals surface area contributed by atoms with E-state index >= 15 is 0 Å². The van der Waals surface area contributed by atoms with Crippen molar-refractivity contribution in [2.45, 2.75) is 12.5 Å². The molecule has 4 rings (SSSR count). The molecule has 2 saturated heterocycles. The maximum atomic E-state index is 13.1. The molecule has 0 aliphatic carbocycles. The van der Waals surface area contributed by atoms with Crippen LogP contribution in [0.25, 0.3) is 0 Å². The maximum absolute atomic E-state index is 13.1. The van der Waals surface area contributed by atoms with E-state index in [4.69, 9.17) is 9.15 Å². The molecule has 11 nitrogen and oxygen atoms in total. The van der Waals surface area contributed by atoms with Gasteiger partial charge in [-0.1, -0.05) is 0 Å². The van der Waals surface area contributed by atoms with E-state index in [0.29, 0.717) is 26.2 Å². The number of furan rings is 1. The van der Waals surface area contributed by atoms with Crippen molar-refractivity contribution in [3.8, 4) is 5.75 Å². The Balaban J connectivity index is 1.47. The number of nitro groups is 1. The number of non-ortho nitro benzene ring substituents is 1. The largest absolute Gasteiger partial charge is 0.494 e. The van der Waals surface area contributed by atoms with Crippen LogP contribution in [0, 0.1) is 10.1 Å². The fourth-order valence-electron chi connectivity index (χ4n) is 3.91. The summed E-state index contributed by atoms with van der Waals surface area (Å²) in [5.41, 5.74) is -0.0224. The average molecular weight is 428 g/mol. The van der Waals surface area contributed by atoms with Crippen LogP contribution in [0.1, 0.15) is 17.0 Å². The molecule has 0 saturated carbocycles. The van der Waals surface area contributed by atoms with Gasteiger partial charge >= 0.3 is 0 Å². The highest BCUT2D eigenvalue weighted by Crippen LogP contribution is 2.36. The zero-order valence-electron chi connectivity index (χ0n) is 16.7. The number of carbonyl (C=O) groups excluding carboxylic acids is 3. The van der Waals surface area contributed by atoms with Crippen molar-refractivity contribution in [1.29, 1.82) is 0 Å². The number of rotatable bonds is 5. The third kappa shape index (κ3) is 3.75. The molecule has 162 valence electrons. The van der Waals surface area contributed by atoms with Crippen LogP contribution in [0.15, 0.2) is 41.0 Å². The molecule has 2 fully saturated rings. The fraction of sp³-hybridized carbons (Fsp3) is 0.350. The van der Waals surface area contributed by atoms with Gasteiger partial charge in [0.25, 0.3) is 17.5 Å². The molecule has 1 unspecified atom stereocenters. The maximum Gasteiger partial charge on any atom is 0.289 e. The topological polar surface area (TPSA) is 126 Å². The number of anilines is 1. The number of hydrogen-bond acceptors (Lipinski definition) is 8.